The van der Waals surface area contributed by atoms with E-state index in [4.69, 9.17) is 14.2 Å². The van der Waals surface area contributed by atoms with Crippen LogP contribution in [0.15, 0.2) is 36.4 Å². The first-order chi connectivity index (χ1) is 20.5. The fourth-order valence-electron chi connectivity index (χ4n) is 5.38. The van der Waals surface area contributed by atoms with Crippen molar-refractivity contribution in [3.05, 3.63) is 47.5 Å². The molecule has 4 atom stereocenters. The van der Waals surface area contributed by atoms with Gasteiger partial charge >= 0.3 is 11.9 Å². The SMILES string of the molecule is CCCCCCC(C)(C)OC(=O)COC(=O)CCCSCC[C@H]1C(=O)C[C@@H](O)[C@H]1/C=C/[C@@H](O)Cc1cccc(COC)c1. The van der Waals surface area contributed by atoms with Gasteiger partial charge in [-0.25, -0.2) is 4.79 Å². The quantitative estimate of drug-likeness (QED) is 0.103. The van der Waals surface area contributed by atoms with E-state index < -0.39 is 29.7 Å². The number of thioether (sulfide) groups is 1. The number of ether oxygens (including phenoxy) is 3. The molecule has 43 heavy (non-hydrogen) atoms. The van der Waals surface area contributed by atoms with Crippen molar-refractivity contribution < 1.29 is 38.8 Å². The molecule has 1 aromatic carbocycles. The molecule has 0 bridgehead atoms. The second-order valence-corrected chi connectivity index (χ2v) is 13.3. The number of esters is 2. The van der Waals surface area contributed by atoms with Crippen LogP contribution in [-0.4, -0.2) is 71.0 Å². The minimum absolute atomic E-state index is 0.0455. The lowest BCUT2D eigenvalue weighted by Crippen LogP contribution is -2.30. The van der Waals surface area contributed by atoms with Crippen LogP contribution in [0.4, 0.5) is 0 Å². The lowest BCUT2D eigenvalue weighted by Gasteiger charge is -2.25. The summed E-state index contributed by atoms with van der Waals surface area (Å²) >= 11 is 1.65. The third kappa shape index (κ3) is 14.9. The molecule has 0 radical (unpaired) electrons. The monoisotopic (exact) mass is 620 g/mol. The predicted octanol–water partition coefficient (Wildman–Crippen LogP) is 5.60. The fraction of sp³-hybridized carbons (Fsp3) is 0.676. The molecule has 0 spiro atoms. The molecule has 1 aliphatic carbocycles. The molecule has 8 nitrogen and oxygen atoms in total. The molecule has 1 aromatic rings. The molecule has 0 amide bonds. The Bertz CT molecular complexity index is 1020. The molecule has 0 unspecified atom stereocenters. The van der Waals surface area contributed by atoms with Crippen molar-refractivity contribution in [3.63, 3.8) is 0 Å². The number of ketones is 1. The maximum atomic E-state index is 12.6. The standard InChI is InChI=1S/C34H52O8S/c1-5-6-7-8-17-34(2,3)42-33(39)24-41-32(38)13-10-18-43-19-16-29-28(30(36)22-31(29)37)15-14-27(35)21-25-11-9-12-26(20-25)23-40-4/h9,11-12,14-15,20,27-30,35-36H,5-8,10,13,16-19,21-24H2,1-4H3/b15-14+/t27-,28+,29-,30-/m1/s1. The number of benzene rings is 1. The number of hydrogen-bond acceptors (Lipinski definition) is 9. The summed E-state index contributed by atoms with van der Waals surface area (Å²) in [6.07, 6.45) is 9.20. The maximum absolute atomic E-state index is 12.6. The highest BCUT2D eigenvalue weighted by atomic mass is 32.2. The van der Waals surface area contributed by atoms with E-state index in [0.717, 1.165) is 54.7 Å². The Balaban J connectivity index is 1.65. The number of methoxy groups -OCH3 is 1. The third-order valence-electron chi connectivity index (χ3n) is 7.65. The topological polar surface area (TPSA) is 119 Å². The predicted molar refractivity (Wildman–Crippen MR) is 170 cm³/mol. The van der Waals surface area contributed by atoms with Gasteiger partial charge in [0.15, 0.2) is 6.61 Å². The van der Waals surface area contributed by atoms with E-state index in [1.165, 1.54) is 0 Å². The van der Waals surface area contributed by atoms with Crippen molar-refractivity contribution in [2.75, 3.05) is 25.2 Å². The molecular formula is C34H52O8S. The Morgan fingerprint density at radius 3 is 2.63 bits per heavy atom. The molecular weight excluding hydrogens is 568 g/mol. The first-order valence-corrected chi connectivity index (χ1v) is 16.8. The number of unbranched alkanes of at least 4 members (excludes halogenated alkanes) is 3. The molecule has 0 saturated heterocycles. The zero-order valence-electron chi connectivity index (χ0n) is 26.4. The molecule has 1 aliphatic rings. The molecule has 1 saturated carbocycles. The van der Waals surface area contributed by atoms with E-state index in [-0.39, 0.29) is 37.1 Å². The average molecular weight is 621 g/mol. The van der Waals surface area contributed by atoms with Crippen molar-refractivity contribution >= 4 is 29.5 Å². The number of aliphatic hydroxyl groups excluding tert-OH is 2. The van der Waals surface area contributed by atoms with E-state index in [2.05, 4.69) is 6.92 Å². The summed E-state index contributed by atoms with van der Waals surface area (Å²) in [4.78, 5) is 36.7. The third-order valence-corrected chi connectivity index (χ3v) is 8.75. The van der Waals surface area contributed by atoms with Crippen molar-refractivity contribution in [3.8, 4) is 0 Å². The van der Waals surface area contributed by atoms with Crippen LogP contribution in [0.1, 0.15) is 89.7 Å². The molecule has 1 fully saturated rings. The van der Waals surface area contributed by atoms with Gasteiger partial charge in [0.2, 0.25) is 0 Å². The maximum Gasteiger partial charge on any atom is 0.344 e. The first kappa shape index (κ1) is 37.0. The van der Waals surface area contributed by atoms with Gasteiger partial charge in [-0.3, -0.25) is 9.59 Å². The lowest BCUT2D eigenvalue weighted by molar-refractivity contribution is -0.168. The van der Waals surface area contributed by atoms with Crippen LogP contribution in [0, 0.1) is 11.8 Å². The summed E-state index contributed by atoms with van der Waals surface area (Å²) in [7, 11) is 1.64. The zero-order chi connectivity index (χ0) is 31.7. The number of rotatable bonds is 21. The van der Waals surface area contributed by atoms with Crippen molar-refractivity contribution in [2.24, 2.45) is 11.8 Å². The van der Waals surface area contributed by atoms with E-state index in [0.29, 0.717) is 25.9 Å². The largest absolute Gasteiger partial charge is 0.457 e. The lowest BCUT2D eigenvalue weighted by atomic mass is 9.91. The minimum Gasteiger partial charge on any atom is -0.457 e. The number of aliphatic hydroxyl groups is 2. The van der Waals surface area contributed by atoms with Gasteiger partial charge in [0.1, 0.15) is 11.4 Å². The Morgan fingerprint density at radius 2 is 1.88 bits per heavy atom. The summed E-state index contributed by atoms with van der Waals surface area (Å²) in [6.45, 7) is 6.04. The van der Waals surface area contributed by atoms with Gasteiger partial charge in [-0.05, 0) is 62.2 Å². The smallest absolute Gasteiger partial charge is 0.344 e. The van der Waals surface area contributed by atoms with Crippen molar-refractivity contribution in [1.29, 1.82) is 0 Å². The number of carbonyl (C=O) groups is 3. The van der Waals surface area contributed by atoms with Gasteiger partial charge in [-0.15, -0.1) is 0 Å². The number of hydrogen-bond donors (Lipinski definition) is 2. The van der Waals surface area contributed by atoms with Crippen LogP contribution >= 0.6 is 11.8 Å². The summed E-state index contributed by atoms with van der Waals surface area (Å²) in [5.41, 5.74) is 1.45. The zero-order valence-corrected chi connectivity index (χ0v) is 27.2. The Kier molecular flexibility index (Phi) is 17.2. The van der Waals surface area contributed by atoms with Crippen LogP contribution in [0.2, 0.25) is 0 Å². The molecule has 9 heteroatoms. The van der Waals surface area contributed by atoms with E-state index in [1.54, 1.807) is 31.0 Å². The van der Waals surface area contributed by atoms with Crippen LogP contribution < -0.4 is 0 Å². The molecule has 242 valence electrons. The van der Waals surface area contributed by atoms with Gasteiger partial charge in [-0.2, -0.15) is 11.8 Å². The van der Waals surface area contributed by atoms with Crippen LogP contribution in [0.3, 0.4) is 0 Å². The summed E-state index contributed by atoms with van der Waals surface area (Å²) in [5.74, 6) is -0.0853. The van der Waals surface area contributed by atoms with Crippen LogP contribution in [-0.2, 0) is 41.6 Å². The van der Waals surface area contributed by atoms with E-state index in [9.17, 15) is 24.6 Å². The molecule has 0 aromatic heterocycles. The second-order valence-electron chi connectivity index (χ2n) is 12.0. The molecule has 2 N–H and O–H groups in total. The second kappa shape index (κ2) is 20.0. The van der Waals surface area contributed by atoms with Gasteiger partial charge in [-0.1, -0.05) is 62.6 Å². The van der Waals surface area contributed by atoms with Gasteiger partial charge in [0.05, 0.1) is 18.8 Å². The Morgan fingerprint density at radius 1 is 1.12 bits per heavy atom. The molecule has 0 aliphatic heterocycles. The van der Waals surface area contributed by atoms with Crippen molar-refractivity contribution in [1.82, 2.24) is 0 Å². The van der Waals surface area contributed by atoms with Crippen LogP contribution in [0.25, 0.3) is 0 Å². The highest BCUT2D eigenvalue weighted by Gasteiger charge is 2.39. The van der Waals surface area contributed by atoms with Gasteiger partial charge < -0.3 is 24.4 Å². The first-order valence-electron chi connectivity index (χ1n) is 15.6. The summed E-state index contributed by atoms with van der Waals surface area (Å²) < 4.78 is 15.7. The van der Waals surface area contributed by atoms with Crippen molar-refractivity contribution in [2.45, 2.75) is 109 Å². The average Bonchev–Trinajstić information content (AvgIpc) is 3.22. The Labute approximate surface area is 261 Å². The van der Waals surface area contributed by atoms with Crippen LogP contribution in [0.5, 0.6) is 0 Å². The number of Topliss-reactive ketones (excluding diaryl/α,β-unsaturated/α-hetero) is 1. The summed E-state index contributed by atoms with van der Waals surface area (Å²) in [5, 5.41) is 21.0. The highest BCUT2D eigenvalue weighted by molar-refractivity contribution is 7.99. The number of carbonyl (C=O) groups excluding carboxylic acids is 3. The minimum atomic E-state index is -0.746. The van der Waals surface area contributed by atoms with E-state index in [1.807, 2.05) is 38.1 Å². The highest BCUT2D eigenvalue weighted by Crippen LogP contribution is 2.34. The molecule has 2 rings (SSSR count). The fourth-order valence-corrected chi connectivity index (χ4v) is 6.35. The van der Waals surface area contributed by atoms with Gasteiger partial charge in [0.25, 0.3) is 0 Å². The summed E-state index contributed by atoms with van der Waals surface area (Å²) in [6, 6.07) is 7.86. The Hall–Kier alpha value is -2.20. The molecule has 0 heterocycles. The van der Waals surface area contributed by atoms with Gasteiger partial charge in [0, 0.05) is 38.2 Å². The van der Waals surface area contributed by atoms with E-state index >= 15 is 0 Å². The normalized spacial score (nSPS) is 19.6.